The Morgan fingerprint density at radius 3 is 2.82 bits per heavy atom. The lowest BCUT2D eigenvalue weighted by atomic mass is 10.2. The second-order valence-electron chi connectivity index (χ2n) is 6.61. The Morgan fingerprint density at radius 2 is 2.04 bits per heavy atom. The van der Waals surface area contributed by atoms with E-state index in [1.54, 1.807) is 16.7 Å². The van der Waals surface area contributed by atoms with Gasteiger partial charge < -0.3 is 9.47 Å². The Balaban J connectivity index is 1.50. The second-order valence-corrected chi connectivity index (χ2v) is 7.68. The third-order valence-corrected chi connectivity index (χ3v) is 5.57. The van der Waals surface area contributed by atoms with Crippen LogP contribution in [0, 0.1) is 5.82 Å². The number of para-hydroxylation sites is 1. The molecule has 146 valence electrons. The number of ether oxygens (including phenoxy) is 2. The lowest BCUT2D eigenvalue weighted by molar-refractivity contribution is 0.0937. The van der Waals surface area contributed by atoms with Crippen LogP contribution in [0.5, 0.6) is 5.75 Å². The summed E-state index contributed by atoms with van der Waals surface area (Å²) in [7, 11) is 0. The van der Waals surface area contributed by atoms with Gasteiger partial charge in [0.2, 0.25) is 0 Å². The number of hydrogen-bond acceptors (Lipinski definition) is 5. The van der Waals surface area contributed by atoms with Crippen LogP contribution in [0.15, 0.2) is 58.5 Å². The molecule has 0 unspecified atom stereocenters. The first-order valence-electron chi connectivity index (χ1n) is 9.33. The Bertz CT molecular complexity index is 1000. The van der Waals surface area contributed by atoms with E-state index in [9.17, 15) is 9.18 Å². The number of hydrogen-bond donors (Lipinski definition) is 0. The highest BCUT2D eigenvalue weighted by atomic mass is 32.2. The van der Waals surface area contributed by atoms with Crippen molar-refractivity contribution in [2.24, 2.45) is 0 Å². The molecule has 0 spiro atoms. The van der Waals surface area contributed by atoms with Gasteiger partial charge in [-0.25, -0.2) is 9.37 Å². The second kappa shape index (κ2) is 8.75. The van der Waals surface area contributed by atoms with E-state index in [4.69, 9.17) is 14.5 Å². The van der Waals surface area contributed by atoms with Crippen LogP contribution >= 0.6 is 11.8 Å². The fourth-order valence-corrected chi connectivity index (χ4v) is 4.06. The van der Waals surface area contributed by atoms with E-state index in [0.29, 0.717) is 40.7 Å². The molecule has 2 aromatic carbocycles. The van der Waals surface area contributed by atoms with Crippen LogP contribution < -0.4 is 10.3 Å². The quantitative estimate of drug-likeness (QED) is 0.342. The van der Waals surface area contributed by atoms with Gasteiger partial charge in [0.25, 0.3) is 5.56 Å². The number of rotatable bonds is 7. The van der Waals surface area contributed by atoms with Crippen molar-refractivity contribution in [2.45, 2.75) is 30.6 Å². The summed E-state index contributed by atoms with van der Waals surface area (Å²) in [5.74, 6) is 0.943. The third-order valence-electron chi connectivity index (χ3n) is 4.63. The molecular formula is C21H21FN2O3S. The Kier molecular flexibility index (Phi) is 5.92. The molecule has 28 heavy (non-hydrogen) atoms. The van der Waals surface area contributed by atoms with Gasteiger partial charge in [-0.2, -0.15) is 0 Å². The molecule has 5 nitrogen and oxygen atoms in total. The van der Waals surface area contributed by atoms with Crippen LogP contribution in [0.4, 0.5) is 4.39 Å². The maximum absolute atomic E-state index is 13.0. The van der Waals surface area contributed by atoms with Crippen LogP contribution in [0.25, 0.3) is 10.9 Å². The molecule has 0 aliphatic carbocycles. The molecule has 0 saturated carbocycles. The van der Waals surface area contributed by atoms with Gasteiger partial charge in [-0.1, -0.05) is 23.9 Å². The molecule has 3 aromatic rings. The zero-order valence-corrected chi connectivity index (χ0v) is 16.2. The summed E-state index contributed by atoms with van der Waals surface area (Å²) in [6.45, 7) is 1.69. The molecular weight excluding hydrogens is 379 g/mol. The van der Waals surface area contributed by atoms with Crippen molar-refractivity contribution in [2.75, 3.05) is 19.0 Å². The molecule has 4 rings (SSSR count). The fraction of sp³-hybridized carbons (Fsp3) is 0.333. The minimum Gasteiger partial charge on any atom is -0.493 e. The molecule has 1 aliphatic heterocycles. The van der Waals surface area contributed by atoms with Gasteiger partial charge in [0.15, 0.2) is 5.16 Å². The number of thioether (sulfide) groups is 1. The van der Waals surface area contributed by atoms with Crippen molar-refractivity contribution in [3.05, 3.63) is 64.7 Å². The van der Waals surface area contributed by atoms with Crippen LogP contribution in [0.1, 0.15) is 12.8 Å². The van der Waals surface area contributed by atoms with Crippen molar-refractivity contribution in [3.63, 3.8) is 0 Å². The minimum atomic E-state index is -0.291. The predicted molar refractivity (Wildman–Crippen MR) is 108 cm³/mol. The summed E-state index contributed by atoms with van der Waals surface area (Å²) in [4.78, 5) is 17.7. The maximum atomic E-state index is 13.0. The van der Waals surface area contributed by atoms with E-state index in [2.05, 4.69) is 0 Å². The monoisotopic (exact) mass is 400 g/mol. The first kappa shape index (κ1) is 19.0. The first-order valence-corrected chi connectivity index (χ1v) is 10.3. The average molecular weight is 400 g/mol. The molecule has 1 saturated heterocycles. The van der Waals surface area contributed by atoms with Crippen LogP contribution in [-0.4, -0.2) is 34.6 Å². The third kappa shape index (κ3) is 4.36. The lowest BCUT2D eigenvalue weighted by Gasteiger charge is -2.16. The van der Waals surface area contributed by atoms with Crippen LogP contribution in [0.2, 0.25) is 0 Å². The topological polar surface area (TPSA) is 53.3 Å². The molecule has 0 N–H and O–H groups in total. The number of fused-ring (bicyclic) bond motifs is 1. The van der Waals surface area contributed by atoms with E-state index in [1.807, 2.05) is 24.3 Å². The SMILES string of the molecule is O=c1c2ccccc2nc(SCCOc2ccc(F)cc2)n1C[C@H]1CCCO1. The Labute approximate surface area is 166 Å². The predicted octanol–water partition coefficient (Wildman–Crippen LogP) is 3.89. The molecule has 1 aromatic heterocycles. The van der Waals surface area contributed by atoms with Gasteiger partial charge in [0.05, 0.1) is 30.2 Å². The minimum absolute atomic E-state index is 0.0388. The first-order chi connectivity index (χ1) is 13.7. The number of nitrogens with zero attached hydrogens (tertiary/aromatic N) is 2. The van der Waals surface area contributed by atoms with Gasteiger partial charge in [-0.05, 0) is 49.2 Å². The number of benzene rings is 2. The van der Waals surface area contributed by atoms with Gasteiger partial charge in [0.1, 0.15) is 11.6 Å². The molecule has 7 heteroatoms. The fourth-order valence-electron chi connectivity index (χ4n) is 3.23. The molecule has 1 atom stereocenters. The molecule has 0 radical (unpaired) electrons. The maximum Gasteiger partial charge on any atom is 0.262 e. The van der Waals surface area contributed by atoms with Gasteiger partial charge >= 0.3 is 0 Å². The standard InChI is InChI=1S/C21H21FN2O3S/c22-15-7-9-16(10-8-15)27-12-13-28-21-23-19-6-2-1-5-18(19)20(25)24(21)14-17-4-3-11-26-17/h1-2,5-10,17H,3-4,11-14H2/t17-/m1/s1. The smallest absolute Gasteiger partial charge is 0.262 e. The molecule has 1 fully saturated rings. The van der Waals surface area contributed by atoms with Gasteiger partial charge in [-0.15, -0.1) is 0 Å². The van der Waals surface area contributed by atoms with Crippen molar-refractivity contribution in [1.82, 2.24) is 9.55 Å². The van der Waals surface area contributed by atoms with Crippen molar-refractivity contribution in [3.8, 4) is 5.75 Å². The normalized spacial score (nSPS) is 16.5. The van der Waals surface area contributed by atoms with Crippen LogP contribution in [0.3, 0.4) is 0 Å². The summed E-state index contributed by atoms with van der Waals surface area (Å²) < 4.78 is 26.1. The highest BCUT2D eigenvalue weighted by Crippen LogP contribution is 2.21. The average Bonchev–Trinajstić information content (AvgIpc) is 3.22. The van der Waals surface area contributed by atoms with E-state index >= 15 is 0 Å². The van der Waals surface area contributed by atoms with Gasteiger partial charge in [0, 0.05) is 12.4 Å². The van der Waals surface area contributed by atoms with E-state index < -0.39 is 0 Å². The highest BCUT2D eigenvalue weighted by Gasteiger charge is 2.20. The molecule has 0 amide bonds. The van der Waals surface area contributed by atoms with Gasteiger partial charge in [-0.3, -0.25) is 9.36 Å². The van der Waals surface area contributed by atoms with E-state index in [-0.39, 0.29) is 17.5 Å². The zero-order chi connectivity index (χ0) is 19.3. The lowest BCUT2D eigenvalue weighted by Crippen LogP contribution is -2.29. The van der Waals surface area contributed by atoms with Crippen molar-refractivity contribution in [1.29, 1.82) is 0 Å². The molecule has 2 heterocycles. The number of aromatic nitrogens is 2. The summed E-state index contributed by atoms with van der Waals surface area (Å²) in [6.07, 6.45) is 2.03. The Morgan fingerprint density at radius 1 is 1.21 bits per heavy atom. The Hall–Kier alpha value is -2.38. The summed E-state index contributed by atoms with van der Waals surface area (Å²) in [5.41, 5.74) is 0.654. The molecule has 1 aliphatic rings. The van der Waals surface area contributed by atoms with Crippen LogP contribution in [-0.2, 0) is 11.3 Å². The van der Waals surface area contributed by atoms with Crippen molar-refractivity contribution >= 4 is 22.7 Å². The van der Waals surface area contributed by atoms with Crippen molar-refractivity contribution < 1.29 is 13.9 Å². The number of halogens is 1. The van der Waals surface area contributed by atoms with E-state index in [1.165, 1.54) is 23.9 Å². The largest absolute Gasteiger partial charge is 0.493 e. The highest BCUT2D eigenvalue weighted by molar-refractivity contribution is 7.99. The zero-order valence-electron chi connectivity index (χ0n) is 15.3. The van der Waals surface area contributed by atoms with E-state index in [0.717, 1.165) is 19.4 Å². The summed E-state index contributed by atoms with van der Waals surface area (Å²) in [5, 5.41) is 1.29. The molecule has 0 bridgehead atoms. The summed E-state index contributed by atoms with van der Waals surface area (Å²) >= 11 is 1.48. The summed E-state index contributed by atoms with van der Waals surface area (Å²) in [6, 6.07) is 13.3.